The van der Waals surface area contributed by atoms with Crippen LogP contribution in [0, 0.1) is 0 Å². The van der Waals surface area contributed by atoms with Crippen molar-refractivity contribution >= 4 is 22.6 Å². The highest BCUT2D eigenvalue weighted by atomic mass is 16.3. The molecule has 1 saturated heterocycles. The fraction of sp³-hybridized carbons (Fsp3) is 0.333. The number of aromatic nitrogens is 2. The van der Waals surface area contributed by atoms with Crippen LogP contribution < -0.4 is 5.32 Å². The summed E-state index contributed by atoms with van der Waals surface area (Å²) in [5, 5.41) is 2.94. The van der Waals surface area contributed by atoms with Crippen molar-refractivity contribution in [2.45, 2.75) is 6.54 Å². The minimum Gasteiger partial charge on any atom is -0.451 e. The Hall–Kier alpha value is -3.06. The van der Waals surface area contributed by atoms with Crippen molar-refractivity contribution in [3.8, 4) is 11.6 Å². The monoisotopic (exact) mass is 377 g/mol. The van der Waals surface area contributed by atoms with Crippen LogP contribution in [0.15, 0.2) is 41.3 Å². The number of likely N-dealkylation sites (N-methyl/N-ethyl adjacent to an activating group) is 1. The summed E-state index contributed by atoms with van der Waals surface area (Å²) < 4.78 is 8.24. The predicted molar refractivity (Wildman–Crippen MR) is 108 cm³/mol. The van der Waals surface area contributed by atoms with E-state index in [0.29, 0.717) is 24.4 Å². The summed E-state index contributed by atoms with van der Waals surface area (Å²) in [5.41, 5.74) is 3.23. The van der Waals surface area contributed by atoms with E-state index in [0.717, 1.165) is 54.5 Å². The lowest BCUT2D eigenvalue weighted by Crippen LogP contribution is -2.43. The van der Waals surface area contributed by atoms with Crippen LogP contribution in [0.3, 0.4) is 0 Å². The highest BCUT2D eigenvalue weighted by Crippen LogP contribution is 2.31. The molecule has 1 aromatic carbocycles. The van der Waals surface area contributed by atoms with Crippen molar-refractivity contribution in [3.05, 3.63) is 48.2 Å². The third-order valence-electron chi connectivity index (χ3n) is 5.63. The van der Waals surface area contributed by atoms with Crippen LogP contribution in [0.25, 0.3) is 28.3 Å². The Morgan fingerprint density at radius 3 is 2.79 bits per heavy atom. The smallest absolute Gasteiger partial charge is 0.253 e. The molecule has 1 amide bonds. The summed E-state index contributed by atoms with van der Waals surface area (Å²) >= 11 is 0. The van der Waals surface area contributed by atoms with E-state index in [-0.39, 0.29) is 5.91 Å². The number of nitrogens with one attached hydrogen (secondary N) is 1. The van der Waals surface area contributed by atoms with E-state index < -0.39 is 0 Å². The minimum atomic E-state index is -0.0561. The van der Waals surface area contributed by atoms with Crippen LogP contribution in [-0.4, -0.2) is 65.0 Å². The molecule has 0 saturated carbocycles. The molecule has 0 atom stereocenters. The van der Waals surface area contributed by atoms with Gasteiger partial charge in [0.05, 0.1) is 22.3 Å². The van der Waals surface area contributed by atoms with Crippen molar-refractivity contribution in [2.24, 2.45) is 0 Å². The van der Waals surface area contributed by atoms with E-state index in [1.807, 2.05) is 30.3 Å². The van der Waals surface area contributed by atoms with Crippen LogP contribution in [0.5, 0.6) is 0 Å². The number of nitrogens with zero attached hydrogens (tertiary/aromatic N) is 4. The molecule has 28 heavy (non-hydrogen) atoms. The molecule has 0 radical (unpaired) electrons. The molecule has 4 heterocycles. The van der Waals surface area contributed by atoms with Gasteiger partial charge in [-0.15, -0.1) is 0 Å². The summed E-state index contributed by atoms with van der Waals surface area (Å²) in [4.78, 5) is 21.7. The number of para-hydroxylation sites is 1. The van der Waals surface area contributed by atoms with Gasteiger partial charge >= 0.3 is 0 Å². The first-order valence-electron chi connectivity index (χ1n) is 9.62. The Balaban J connectivity index is 1.52. The van der Waals surface area contributed by atoms with Gasteiger partial charge < -0.3 is 24.1 Å². The molecule has 0 spiro atoms. The van der Waals surface area contributed by atoms with E-state index in [1.165, 1.54) is 0 Å². The lowest BCUT2D eigenvalue weighted by atomic mass is 10.2. The molecule has 144 valence electrons. The van der Waals surface area contributed by atoms with Crippen LogP contribution in [-0.2, 0) is 6.54 Å². The lowest BCUT2D eigenvalue weighted by molar-refractivity contribution is 0.0956. The maximum absolute atomic E-state index is 12.3. The van der Waals surface area contributed by atoms with E-state index in [9.17, 15) is 4.79 Å². The molecule has 3 aromatic rings. The van der Waals surface area contributed by atoms with Gasteiger partial charge in [0.2, 0.25) is 0 Å². The second kappa shape index (κ2) is 6.53. The number of imidazole rings is 1. The zero-order valence-corrected chi connectivity index (χ0v) is 15.9. The predicted octanol–water partition coefficient (Wildman–Crippen LogP) is 2.26. The highest BCUT2D eigenvalue weighted by Gasteiger charge is 2.24. The lowest BCUT2D eigenvalue weighted by Gasteiger charge is -2.34. The molecule has 7 heteroatoms. The van der Waals surface area contributed by atoms with Crippen molar-refractivity contribution < 1.29 is 9.21 Å². The Morgan fingerprint density at radius 1 is 1.14 bits per heavy atom. The Labute approximate surface area is 163 Å². The largest absolute Gasteiger partial charge is 0.451 e. The summed E-state index contributed by atoms with van der Waals surface area (Å²) in [6.07, 6.45) is 0. The molecular weight excluding hydrogens is 354 g/mol. The molecule has 0 aliphatic carbocycles. The van der Waals surface area contributed by atoms with Gasteiger partial charge in [0.15, 0.2) is 11.6 Å². The van der Waals surface area contributed by atoms with Crippen molar-refractivity contribution in [3.63, 3.8) is 0 Å². The number of amides is 1. The quantitative estimate of drug-likeness (QED) is 0.758. The Bertz CT molecular complexity index is 1070. The normalized spacial score (nSPS) is 17.6. The standard InChI is InChI=1S/C21H23N5O2/c1-14(25-12-10-24(2)11-13-25)17-6-7-18(28-17)20-23-16-5-3-4-15-19(16)26(20)9-8-22-21(15)27/h3-7H,1,8-13H2,2H3,(H,22,27). The summed E-state index contributed by atoms with van der Waals surface area (Å²) in [7, 11) is 2.13. The molecule has 0 bridgehead atoms. The first-order valence-corrected chi connectivity index (χ1v) is 9.62. The van der Waals surface area contributed by atoms with Gasteiger partial charge in [0, 0.05) is 39.3 Å². The van der Waals surface area contributed by atoms with Crippen LogP contribution >= 0.6 is 0 Å². The van der Waals surface area contributed by atoms with Crippen LogP contribution in [0.2, 0.25) is 0 Å². The highest BCUT2D eigenvalue weighted by molar-refractivity contribution is 6.06. The maximum Gasteiger partial charge on any atom is 0.253 e. The average molecular weight is 377 g/mol. The number of hydrogen-bond acceptors (Lipinski definition) is 5. The number of hydrogen-bond donors (Lipinski definition) is 1. The second-order valence-corrected chi connectivity index (χ2v) is 7.42. The third-order valence-corrected chi connectivity index (χ3v) is 5.63. The van der Waals surface area contributed by atoms with Gasteiger partial charge in [-0.3, -0.25) is 4.79 Å². The SMILES string of the molecule is C=C(c1ccc(-c2nc3cccc4c3n2CCNC4=O)o1)N1CCN(C)CC1. The number of carbonyl (C=O) groups is 1. The molecule has 7 nitrogen and oxygen atoms in total. The van der Waals surface area contributed by atoms with Gasteiger partial charge in [0.25, 0.3) is 5.91 Å². The van der Waals surface area contributed by atoms with Gasteiger partial charge in [-0.1, -0.05) is 12.6 Å². The van der Waals surface area contributed by atoms with Crippen LogP contribution in [0.4, 0.5) is 0 Å². The number of piperazine rings is 1. The summed E-state index contributed by atoms with van der Waals surface area (Å²) in [6, 6.07) is 9.55. The first-order chi connectivity index (χ1) is 13.6. The van der Waals surface area contributed by atoms with Gasteiger partial charge in [-0.05, 0) is 31.3 Å². The maximum atomic E-state index is 12.3. The Kier molecular flexibility index (Phi) is 3.98. The van der Waals surface area contributed by atoms with Crippen molar-refractivity contribution in [1.82, 2.24) is 24.7 Å². The number of benzene rings is 1. The van der Waals surface area contributed by atoms with Gasteiger partial charge in [-0.25, -0.2) is 4.98 Å². The number of carbonyl (C=O) groups excluding carboxylic acids is 1. The third kappa shape index (κ3) is 2.70. The number of furan rings is 1. The second-order valence-electron chi connectivity index (χ2n) is 7.42. The molecule has 5 rings (SSSR count). The fourth-order valence-electron chi connectivity index (χ4n) is 4.00. The topological polar surface area (TPSA) is 66.5 Å². The van der Waals surface area contributed by atoms with Crippen molar-refractivity contribution in [1.29, 1.82) is 0 Å². The molecular formula is C21H23N5O2. The van der Waals surface area contributed by atoms with Gasteiger partial charge in [0.1, 0.15) is 5.76 Å². The van der Waals surface area contributed by atoms with Crippen LogP contribution in [0.1, 0.15) is 16.1 Å². The minimum absolute atomic E-state index is 0.0561. The zero-order chi connectivity index (χ0) is 19.3. The summed E-state index contributed by atoms with van der Waals surface area (Å²) in [6.45, 7) is 9.40. The van der Waals surface area contributed by atoms with E-state index in [4.69, 9.17) is 9.40 Å². The van der Waals surface area contributed by atoms with Gasteiger partial charge in [-0.2, -0.15) is 0 Å². The molecule has 1 N–H and O–H groups in total. The van der Waals surface area contributed by atoms with E-state index >= 15 is 0 Å². The average Bonchev–Trinajstić information content (AvgIpc) is 3.28. The first kappa shape index (κ1) is 17.1. The van der Waals surface area contributed by atoms with E-state index in [1.54, 1.807) is 0 Å². The fourth-order valence-corrected chi connectivity index (χ4v) is 4.00. The molecule has 0 unspecified atom stereocenters. The Morgan fingerprint density at radius 2 is 1.96 bits per heavy atom. The molecule has 2 aromatic heterocycles. The molecule has 2 aliphatic rings. The number of rotatable bonds is 3. The summed E-state index contributed by atoms with van der Waals surface area (Å²) in [5.74, 6) is 2.15. The molecule has 1 fully saturated rings. The van der Waals surface area contributed by atoms with E-state index in [2.05, 4.69) is 33.3 Å². The zero-order valence-electron chi connectivity index (χ0n) is 15.9. The van der Waals surface area contributed by atoms with Crippen molar-refractivity contribution in [2.75, 3.05) is 39.8 Å². The molecule has 2 aliphatic heterocycles.